The third-order valence-electron chi connectivity index (χ3n) is 15.9. The fourth-order valence-electron chi connectivity index (χ4n) is 10.6. The molecule has 0 aliphatic carbocycles. The Kier molecular flexibility index (Phi) is 67.6. The second-order valence-electron chi connectivity index (χ2n) is 24.1. The number of unbranched alkanes of at least 4 members (excludes halogenated alkanes) is 43. The minimum atomic E-state index is -0.791. The van der Waals surface area contributed by atoms with Crippen molar-refractivity contribution in [3.63, 3.8) is 0 Å². The monoisotopic (exact) mass is 1150 g/mol. The molecule has 1 atom stereocenters. The number of allylic oxidation sites excluding steroid dienone is 12. The van der Waals surface area contributed by atoms with Crippen LogP contribution in [0.5, 0.6) is 0 Å². The van der Waals surface area contributed by atoms with E-state index in [1.165, 1.54) is 212 Å². The molecule has 0 saturated heterocycles. The first kappa shape index (κ1) is 78.8. The third kappa shape index (κ3) is 67.6. The topological polar surface area (TPSA) is 78.9 Å². The normalized spacial score (nSPS) is 12.5. The summed E-state index contributed by atoms with van der Waals surface area (Å²) in [6, 6.07) is 0. The molecule has 6 heteroatoms. The average molecular weight is 1150 g/mol. The van der Waals surface area contributed by atoms with Gasteiger partial charge in [0.25, 0.3) is 0 Å². The van der Waals surface area contributed by atoms with Crippen molar-refractivity contribution in [1.29, 1.82) is 0 Å². The van der Waals surface area contributed by atoms with Crippen LogP contribution in [0.4, 0.5) is 0 Å². The zero-order valence-electron chi connectivity index (χ0n) is 54.8. The highest BCUT2D eigenvalue weighted by Gasteiger charge is 2.19. The van der Waals surface area contributed by atoms with E-state index in [0.29, 0.717) is 19.3 Å². The van der Waals surface area contributed by atoms with E-state index in [0.717, 1.165) is 122 Å². The van der Waals surface area contributed by atoms with E-state index in [1.807, 2.05) is 0 Å². The van der Waals surface area contributed by atoms with E-state index in [9.17, 15) is 14.4 Å². The molecule has 0 bridgehead atoms. The highest BCUT2D eigenvalue weighted by atomic mass is 16.6. The highest BCUT2D eigenvalue weighted by Crippen LogP contribution is 2.18. The molecule has 0 heterocycles. The molecule has 0 aliphatic rings. The van der Waals surface area contributed by atoms with Gasteiger partial charge >= 0.3 is 17.9 Å². The number of esters is 3. The van der Waals surface area contributed by atoms with Crippen LogP contribution in [0.25, 0.3) is 0 Å². The van der Waals surface area contributed by atoms with Gasteiger partial charge in [0.05, 0.1) is 0 Å². The van der Waals surface area contributed by atoms with Gasteiger partial charge in [-0.05, 0) is 89.9 Å². The Balaban J connectivity index is 4.28. The molecule has 0 fully saturated rings. The van der Waals surface area contributed by atoms with Crippen LogP contribution in [0.15, 0.2) is 72.9 Å². The number of ether oxygens (including phenoxy) is 3. The van der Waals surface area contributed by atoms with Gasteiger partial charge in [0, 0.05) is 19.3 Å². The lowest BCUT2D eigenvalue weighted by atomic mass is 10.0. The van der Waals surface area contributed by atoms with Crippen molar-refractivity contribution in [1.82, 2.24) is 0 Å². The fraction of sp³-hybridized carbons (Fsp3) is 0.803. The van der Waals surface area contributed by atoms with Gasteiger partial charge in [0.15, 0.2) is 6.10 Å². The lowest BCUT2D eigenvalue weighted by Gasteiger charge is -2.18. The van der Waals surface area contributed by atoms with Crippen molar-refractivity contribution in [3.8, 4) is 0 Å². The Morgan fingerprint density at radius 1 is 0.256 bits per heavy atom. The molecular formula is C76H136O6. The number of rotatable bonds is 66. The van der Waals surface area contributed by atoms with Crippen molar-refractivity contribution in [2.24, 2.45) is 0 Å². The van der Waals surface area contributed by atoms with Gasteiger partial charge in [0.1, 0.15) is 13.2 Å². The van der Waals surface area contributed by atoms with Crippen LogP contribution in [0.3, 0.4) is 0 Å². The molecule has 6 nitrogen and oxygen atoms in total. The lowest BCUT2D eigenvalue weighted by Crippen LogP contribution is -2.30. The molecule has 0 radical (unpaired) electrons. The van der Waals surface area contributed by atoms with E-state index in [4.69, 9.17) is 14.2 Å². The third-order valence-corrected chi connectivity index (χ3v) is 15.9. The van der Waals surface area contributed by atoms with Crippen LogP contribution in [0.1, 0.15) is 374 Å². The summed E-state index contributed by atoms with van der Waals surface area (Å²) in [5.74, 6) is -0.893. The smallest absolute Gasteiger partial charge is 0.306 e. The lowest BCUT2D eigenvalue weighted by molar-refractivity contribution is -0.167. The molecule has 0 saturated carbocycles. The van der Waals surface area contributed by atoms with Crippen molar-refractivity contribution < 1.29 is 28.6 Å². The van der Waals surface area contributed by atoms with Gasteiger partial charge in [-0.15, -0.1) is 0 Å². The van der Waals surface area contributed by atoms with Crippen LogP contribution >= 0.6 is 0 Å². The quantitative estimate of drug-likeness (QED) is 0.0261. The molecule has 1 unspecified atom stereocenters. The number of hydrogen-bond acceptors (Lipinski definition) is 6. The van der Waals surface area contributed by atoms with Crippen molar-refractivity contribution in [2.75, 3.05) is 13.2 Å². The van der Waals surface area contributed by atoms with Crippen LogP contribution in [0, 0.1) is 0 Å². The highest BCUT2D eigenvalue weighted by molar-refractivity contribution is 5.71. The van der Waals surface area contributed by atoms with Crippen LogP contribution in [-0.2, 0) is 28.6 Å². The fourth-order valence-corrected chi connectivity index (χ4v) is 10.6. The number of carbonyl (C=O) groups is 3. The zero-order valence-corrected chi connectivity index (χ0v) is 54.8. The van der Waals surface area contributed by atoms with Gasteiger partial charge in [-0.3, -0.25) is 14.4 Å². The van der Waals surface area contributed by atoms with Gasteiger partial charge < -0.3 is 14.2 Å². The second-order valence-corrected chi connectivity index (χ2v) is 24.1. The molecule has 0 aromatic rings. The molecule has 0 N–H and O–H groups in total. The van der Waals surface area contributed by atoms with Gasteiger partial charge in [-0.25, -0.2) is 0 Å². The van der Waals surface area contributed by atoms with Crippen molar-refractivity contribution in [3.05, 3.63) is 72.9 Å². The molecule has 0 aromatic carbocycles. The Morgan fingerprint density at radius 2 is 0.476 bits per heavy atom. The predicted molar refractivity (Wildman–Crippen MR) is 358 cm³/mol. The largest absolute Gasteiger partial charge is 0.462 e. The maximum absolute atomic E-state index is 13.0. The van der Waals surface area contributed by atoms with Gasteiger partial charge in [-0.2, -0.15) is 0 Å². The van der Waals surface area contributed by atoms with Crippen molar-refractivity contribution >= 4 is 17.9 Å². The average Bonchev–Trinajstić information content (AvgIpc) is 3.47. The van der Waals surface area contributed by atoms with Crippen LogP contribution < -0.4 is 0 Å². The molecular weight excluding hydrogens is 1010 g/mol. The summed E-state index contributed by atoms with van der Waals surface area (Å²) in [4.78, 5) is 38.4. The Hall–Kier alpha value is -3.15. The molecule has 0 rings (SSSR count). The molecule has 0 aliphatic heterocycles. The molecule has 476 valence electrons. The number of carbonyl (C=O) groups excluding carboxylic acids is 3. The maximum Gasteiger partial charge on any atom is 0.306 e. The summed E-state index contributed by atoms with van der Waals surface area (Å²) < 4.78 is 17.0. The minimum Gasteiger partial charge on any atom is -0.462 e. The van der Waals surface area contributed by atoms with E-state index in [-0.39, 0.29) is 31.1 Å². The van der Waals surface area contributed by atoms with E-state index in [1.54, 1.807) is 0 Å². The Bertz CT molecular complexity index is 1500. The Morgan fingerprint density at radius 3 is 0.744 bits per heavy atom. The first-order valence-electron chi connectivity index (χ1n) is 35.9. The molecule has 0 spiro atoms. The molecule has 0 aromatic heterocycles. The minimum absolute atomic E-state index is 0.0835. The van der Waals surface area contributed by atoms with Gasteiger partial charge in [0.2, 0.25) is 0 Å². The SMILES string of the molecule is CC/C=C\C/C=C\C/C=C\CCCCCCCC(=O)OCC(COC(=O)CCCCCCCCCCCCCCCCCCCCCCCCCCCCCC)OC(=O)CCCCCCCC/C=C\C/C=C\C/C=C\CCCCCCC. The van der Waals surface area contributed by atoms with E-state index < -0.39 is 6.10 Å². The number of hydrogen-bond donors (Lipinski definition) is 0. The Labute approximate surface area is 510 Å². The first-order chi connectivity index (χ1) is 40.5. The standard InChI is InChI=1S/C76H136O6/c1-4-7-10-13-16-19-22-25-28-30-32-34-35-36-37-38-39-40-42-43-45-48-51-54-57-60-63-66-69-75(78)81-72-73(71-80-74(77)68-65-62-59-56-53-50-47-27-24-21-18-15-12-9-6-3)82-76(79)70-67-64-61-58-55-52-49-46-44-41-33-31-29-26-23-20-17-14-11-8-5-2/h9,12,18,21,23,26-27,31,33,44,46-47,73H,4-8,10-11,13-17,19-20,22,24-25,28-30,32,34-43,45,48-72H2,1-3H3/b12-9-,21-18-,26-23-,33-31-,46-44-,47-27-. The summed E-state index contributed by atoms with van der Waals surface area (Å²) in [7, 11) is 0. The predicted octanol–water partition coefficient (Wildman–Crippen LogP) is 24.8. The molecule has 82 heavy (non-hydrogen) atoms. The van der Waals surface area contributed by atoms with Crippen molar-refractivity contribution in [2.45, 2.75) is 380 Å². The maximum atomic E-state index is 13.0. The molecule has 0 amide bonds. The second kappa shape index (κ2) is 70.3. The van der Waals surface area contributed by atoms with Crippen LogP contribution in [-0.4, -0.2) is 37.2 Å². The van der Waals surface area contributed by atoms with Gasteiger partial charge in [-0.1, -0.05) is 338 Å². The summed E-state index contributed by atoms with van der Waals surface area (Å²) in [6.07, 6.45) is 92.3. The first-order valence-corrected chi connectivity index (χ1v) is 35.9. The summed E-state index contributed by atoms with van der Waals surface area (Å²) in [5.41, 5.74) is 0. The summed E-state index contributed by atoms with van der Waals surface area (Å²) in [5, 5.41) is 0. The summed E-state index contributed by atoms with van der Waals surface area (Å²) in [6.45, 7) is 6.55. The van der Waals surface area contributed by atoms with Crippen LogP contribution in [0.2, 0.25) is 0 Å². The zero-order chi connectivity index (χ0) is 59.2. The van der Waals surface area contributed by atoms with E-state index in [2.05, 4.69) is 93.7 Å². The summed E-state index contributed by atoms with van der Waals surface area (Å²) >= 11 is 0. The van der Waals surface area contributed by atoms with E-state index >= 15 is 0 Å².